The van der Waals surface area contributed by atoms with Crippen LogP contribution in [0.1, 0.15) is 10.4 Å². The van der Waals surface area contributed by atoms with E-state index in [4.69, 9.17) is 16.3 Å². The molecule has 1 heterocycles. The van der Waals surface area contributed by atoms with Crippen molar-refractivity contribution in [1.82, 2.24) is 10.3 Å². The molecule has 0 unspecified atom stereocenters. The normalized spacial score (nSPS) is 10.3. The van der Waals surface area contributed by atoms with E-state index in [-0.39, 0.29) is 18.7 Å². The lowest BCUT2D eigenvalue weighted by atomic mass is 10.2. The number of methoxy groups -OCH3 is 1. The number of anilines is 1. The van der Waals surface area contributed by atoms with Crippen LogP contribution >= 0.6 is 11.6 Å². The predicted molar refractivity (Wildman–Crippen MR) is 112 cm³/mol. The van der Waals surface area contributed by atoms with E-state index in [2.05, 4.69) is 20.4 Å². The van der Waals surface area contributed by atoms with Crippen LogP contribution in [0.2, 0.25) is 5.02 Å². The molecule has 9 heteroatoms. The molecule has 0 fully saturated rings. The number of rotatable bonds is 7. The average molecular weight is 428 g/mol. The third kappa shape index (κ3) is 5.24. The van der Waals surface area contributed by atoms with Gasteiger partial charge in [-0.15, -0.1) is 0 Å². The number of aromatic nitrogens is 1. The number of nitrogens with zero attached hydrogens (tertiary/aromatic N) is 1. The molecule has 8 nitrogen and oxygen atoms in total. The molecule has 0 saturated carbocycles. The number of pyridine rings is 1. The van der Waals surface area contributed by atoms with E-state index in [1.54, 1.807) is 42.6 Å². The SMILES string of the molecule is COC(=O)CNC(=O)c1cccc(NC(=O)COc2ccc(Cl)c3cccnc23)c1. The van der Waals surface area contributed by atoms with Crippen LogP contribution in [0.5, 0.6) is 5.75 Å². The molecule has 0 spiro atoms. The van der Waals surface area contributed by atoms with E-state index in [9.17, 15) is 14.4 Å². The smallest absolute Gasteiger partial charge is 0.325 e. The summed E-state index contributed by atoms with van der Waals surface area (Å²) in [5, 5.41) is 6.35. The number of amides is 2. The second-order valence-electron chi connectivity index (χ2n) is 6.12. The van der Waals surface area contributed by atoms with Gasteiger partial charge in [-0.05, 0) is 42.5 Å². The molecule has 0 bridgehead atoms. The van der Waals surface area contributed by atoms with Gasteiger partial charge >= 0.3 is 5.97 Å². The predicted octanol–water partition coefficient (Wildman–Crippen LogP) is 2.81. The fourth-order valence-corrected chi connectivity index (χ4v) is 2.85. The van der Waals surface area contributed by atoms with E-state index in [0.717, 1.165) is 5.39 Å². The molecular formula is C21H18ClN3O5. The minimum Gasteiger partial charge on any atom is -0.481 e. The van der Waals surface area contributed by atoms with E-state index in [1.807, 2.05) is 6.07 Å². The third-order valence-corrected chi connectivity index (χ3v) is 4.40. The number of carbonyl (C=O) groups excluding carboxylic acids is 3. The number of benzene rings is 2. The number of hydrogen-bond donors (Lipinski definition) is 2. The summed E-state index contributed by atoms with van der Waals surface area (Å²) in [7, 11) is 1.23. The number of ether oxygens (including phenoxy) is 2. The molecule has 3 aromatic rings. The zero-order valence-corrected chi connectivity index (χ0v) is 16.7. The summed E-state index contributed by atoms with van der Waals surface area (Å²) in [6, 6.07) is 13.2. The molecular weight excluding hydrogens is 410 g/mol. The number of carbonyl (C=O) groups is 3. The Morgan fingerprint density at radius 1 is 1.10 bits per heavy atom. The Morgan fingerprint density at radius 2 is 1.93 bits per heavy atom. The topological polar surface area (TPSA) is 107 Å². The second-order valence-corrected chi connectivity index (χ2v) is 6.53. The fraction of sp³-hybridized carbons (Fsp3) is 0.143. The van der Waals surface area contributed by atoms with Crippen LogP contribution in [-0.4, -0.2) is 43.0 Å². The molecule has 30 heavy (non-hydrogen) atoms. The van der Waals surface area contributed by atoms with Crippen molar-refractivity contribution >= 4 is 46.0 Å². The second kappa shape index (κ2) is 9.71. The van der Waals surface area contributed by atoms with Crippen LogP contribution in [0.25, 0.3) is 10.9 Å². The molecule has 0 saturated heterocycles. The molecule has 0 aliphatic heterocycles. The van der Waals surface area contributed by atoms with E-state index < -0.39 is 17.8 Å². The number of esters is 1. The first-order valence-corrected chi connectivity index (χ1v) is 9.26. The largest absolute Gasteiger partial charge is 0.481 e. The van der Waals surface area contributed by atoms with Crippen LogP contribution in [0, 0.1) is 0 Å². The van der Waals surface area contributed by atoms with Crippen molar-refractivity contribution in [3.63, 3.8) is 0 Å². The van der Waals surface area contributed by atoms with Crippen molar-refractivity contribution in [2.75, 3.05) is 25.6 Å². The molecule has 0 atom stereocenters. The minimum atomic E-state index is -0.561. The van der Waals surface area contributed by atoms with Crippen molar-refractivity contribution < 1.29 is 23.9 Å². The number of nitrogens with one attached hydrogen (secondary N) is 2. The zero-order chi connectivity index (χ0) is 21.5. The van der Waals surface area contributed by atoms with Crippen LogP contribution in [-0.2, 0) is 14.3 Å². The van der Waals surface area contributed by atoms with Gasteiger partial charge in [-0.2, -0.15) is 0 Å². The zero-order valence-electron chi connectivity index (χ0n) is 16.0. The highest BCUT2D eigenvalue weighted by atomic mass is 35.5. The van der Waals surface area contributed by atoms with E-state index in [1.165, 1.54) is 13.2 Å². The fourth-order valence-electron chi connectivity index (χ4n) is 2.63. The lowest BCUT2D eigenvalue weighted by molar-refractivity contribution is -0.139. The van der Waals surface area contributed by atoms with Crippen LogP contribution in [0.15, 0.2) is 54.7 Å². The maximum atomic E-state index is 12.3. The molecule has 0 aliphatic rings. The van der Waals surface area contributed by atoms with Crippen molar-refractivity contribution in [3.8, 4) is 5.75 Å². The van der Waals surface area contributed by atoms with E-state index in [0.29, 0.717) is 22.0 Å². The Morgan fingerprint density at radius 3 is 2.73 bits per heavy atom. The van der Waals surface area contributed by atoms with Crippen LogP contribution in [0.4, 0.5) is 5.69 Å². The van der Waals surface area contributed by atoms with Crippen molar-refractivity contribution in [2.45, 2.75) is 0 Å². The molecule has 0 radical (unpaired) electrons. The van der Waals surface area contributed by atoms with E-state index >= 15 is 0 Å². The summed E-state index contributed by atoms with van der Waals surface area (Å²) in [4.78, 5) is 39.8. The first-order valence-electron chi connectivity index (χ1n) is 8.89. The van der Waals surface area contributed by atoms with Gasteiger partial charge in [-0.1, -0.05) is 17.7 Å². The number of halogens is 1. The molecule has 2 amide bonds. The van der Waals surface area contributed by atoms with Gasteiger partial charge in [0.2, 0.25) is 0 Å². The number of hydrogen-bond acceptors (Lipinski definition) is 6. The first kappa shape index (κ1) is 21.1. The Kier molecular flexibility index (Phi) is 6.82. The van der Waals surface area contributed by atoms with Gasteiger partial charge < -0.3 is 20.1 Å². The van der Waals surface area contributed by atoms with Gasteiger partial charge in [0.15, 0.2) is 6.61 Å². The van der Waals surface area contributed by atoms with Gasteiger partial charge in [0, 0.05) is 22.8 Å². The highest BCUT2D eigenvalue weighted by Gasteiger charge is 2.12. The highest BCUT2D eigenvalue weighted by molar-refractivity contribution is 6.35. The molecule has 2 aromatic carbocycles. The molecule has 2 N–H and O–H groups in total. The summed E-state index contributed by atoms with van der Waals surface area (Å²) < 4.78 is 10.1. The Bertz CT molecular complexity index is 1100. The average Bonchev–Trinajstić information content (AvgIpc) is 2.77. The van der Waals surface area contributed by atoms with Crippen LogP contribution < -0.4 is 15.4 Å². The Hall–Kier alpha value is -3.65. The molecule has 154 valence electrons. The van der Waals surface area contributed by atoms with Crippen molar-refractivity contribution in [1.29, 1.82) is 0 Å². The van der Waals surface area contributed by atoms with Gasteiger partial charge in [0.05, 0.1) is 12.1 Å². The summed E-state index contributed by atoms with van der Waals surface area (Å²) in [5.41, 5.74) is 1.25. The van der Waals surface area contributed by atoms with Crippen molar-refractivity contribution in [2.24, 2.45) is 0 Å². The number of fused-ring (bicyclic) bond motifs is 1. The molecule has 1 aromatic heterocycles. The maximum absolute atomic E-state index is 12.3. The van der Waals surface area contributed by atoms with Gasteiger partial charge in [0.25, 0.3) is 11.8 Å². The van der Waals surface area contributed by atoms with Gasteiger partial charge in [-0.3, -0.25) is 19.4 Å². The third-order valence-electron chi connectivity index (χ3n) is 4.07. The monoisotopic (exact) mass is 427 g/mol. The standard InChI is InChI=1S/C21H18ClN3O5/c1-29-19(27)11-24-21(28)13-4-2-5-14(10-13)25-18(26)12-30-17-8-7-16(22)15-6-3-9-23-20(15)17/h2-10H,11-12H2,1H3,(H,24,28)(H,25,26). The minimum absolute atomic E-state index is 0.247. The summed E-state index contributed by atoms with van der Waals surface area (Å²) in [5.74, 6) is -1.01. The van der Waals surface area contributed by atoms with Gasteiger partial charge in [-0.25, -0.2) is 0 Å². The summed E-state index contributed by atoms with van der Waals surface area (Å²) in [6.45, 7) is -0.505. The Labute approximate surface area is 177 Å². The van der Waals surface area contributed by atoms with Crippen LogP contribution in [0.3, 0.4) is 0 Å². The van der Waals surface area contributed by atoms with Gasteiger partial charge in [0.1, 0.15) is 17.8 Å². The summed E-state index contributed by atoms with van der Waals surface area (Å²) in [6.07, 6.45) is 1.61. The maximum Gasteiger partial charge on any atom is 0.325 e. The highest BCUT2D eigenvalue weighted by Crippen LogP contribution is 2.29. The summed E-state index contributed by atoms with van der Waals surface area (Å²) >= 11 is 6.15. The first-order chi connectivity index (χ1) is 14.5. The molecule has 0 aliphatic carbocycles. The van der Waals surface area contributed by atoms with Crippen molar-refractivity contribution in [3.05, 3.63) is 65.3 Å². The lowest BCUT2D eigenvalue weighted by Crippen LogP contribution is -2.30. The lowest BCUT2D eigenvalue weighted by Gasteiger charge is -2.11. The molecule has 3 rings (SSSR count). The Balaban J connectivity index is 1.61. The quantitative estimate of drug-likeness (QED) is 0.561.